The van der Waals surface area contributed by atoms with Crippen molar-refractivity contribution in [3.05, 3.63) is 97.2 Å². The topological polar surface area (TPSA) is 237 Å². The molecule has 0 saturated heterocycles. The summed E-state index contributed by atoms with van der Waals surface area (Å²) in [7, 11) is -9.97. The van der Waals surface area contributed by atoms with Crippen molar-refractivity contribution in [2.24, 2.45) is 0 Å². The molecule has 0 bridgehead atoms. The molecule has 0 heterocycles. The van der Waals surface area contributed by atoms with Crippen molar-refractivity contribution < 1.29 is 80.2 Å². The Morgan fingerprint density at radius 3 is 0.888 bits per heavy atom. The lowest BCUT2D eigenvalue weighted by Gasteiger charge is -2.21. The summed E-state index contributed by atoms with van der Waals surface area (Å²) >= 11 is 0. The molecule has 566 valence electrons. The number of unbranched alkanes of at least 4 members (excludes halogenated alkanes) is 30. The zero-order valence-electron chi connectivity index (χ0n) is 61.7. The molecule has 0 aliphatic carbocycles. The average Bonchev–Trinajstić information content (AvgIpc) is 0.982. The lowest BCUT2D eigenvalue weighted by Crippen LogP contribution is -2.30. The standard InChI is InChI=1S/C79H138O17P2/c1-5-9-13-17-21-25-29-33-34-35-36-37-38-42-46-50-54-58-62-66-79(84)96-75(70-90-77(82)64-60-56-52-48-44-40-31-27-23-19-15-11-7-3)72-94-98(87,88)92-68-73(80)67-91-97(85,86)93-71-74(95-78(83)65-61-57-53-49-45-41-32-28-24-20-16-12-8-4)69-89-76(81)63-59-55-51-47-43-39-30-26-22-18-14-10-6-2/h9,13,21,25-27,30-31,33-34,36-37,42,46,54,58,73-75,80H,5-8,10-12,14-20,22-24,28-29,32,35,38-41,43-45,47-53,55-57,59-72H2,1-4H3,(H,85,86)(H,87,88)/b13-9-,25-21-,30-26-,31-27-,34-33-,37-36-,46-42-,58-54-/t73-,74+,75+/m0/s1. The summed E-state index contributed by atoms with van der Waals surface area (Å²) in [6.07, 6.45) is 74.1. The van der Waals surface area contributed by atoms with Crippen molar-refractivity contribution in [2.45, 2.75) is 341 Å². The number of hydrogen-bond donors (Lipinski definition) is 3. The molecule has 0 spiro atoms. The van der Waals surface area contributed by atoms with Gasteiger partial charge < -0.3 is 33.8 Å². The SMILES string of the molecule is CC/C=C\C/C=C\C/C=C\C/C=C\C/C=C\C/C=C\CCC(=O)O[C@H](COC(=O)CCCCCCC/C=C\CCCCCC)COP(=O)(O)OC[C@@H](O)COP(=O)(O)OC[C@@H](COC(=O)CCCCCCC/C=C\CCCCCC)OC(=O)CCCCCCCCCCCCCCC. The molecule has 0 radical (unpaired) electrons. The van der Waals surface area contributed by atoms with E-state index in [-0.39, 0.29) is 25.7 Å². The molecule has 0 aromatic rings. The number of carbonyl (C=O) groups is 4. The second kappa shape index (κ2) is 71.4. The van der Waals surface area contributed by atoms with Crippen LogP contribution in [0.25, 0.3) is 0 Å². The van der Waals surface area contributed by atoms with Gasteiger partial charge in [0.2, 0.25) is 0 Å². The minimum Gasteiger partial charge on any atom is -0.462 e. The summed E-state index contributed by atoms with van der Waals surface area (Å²) < 4.78 is 68.4. The highest BCUT2D eigenvalue weighted by Crippen LogP contribution is 2.45. The lowest BCUT2D eigenvalue weighted by molar-refractivity contribution is -0.161. The smallest absolute Gasteiger partial charge is 0.462 e. The Hall–Kier alpha value is -4.02. The van der Waals surface area contributed by atoms with E-state index in [0.29, 0.717) is 32.1 Å². The molecule has 17 nitrogen and oxygen atoms in total. The van der Waals surface area contributed by atoms with E-state index in [2.05, 4.69) is 107 Å². The van der Waals surface area contributed by atoms with E-state index >= 15 is 0 Å². The van der Waals surface area contributed by atoms with Crippen LogP contribution in [0.4, 0.5) is 0 Å². The Morgan fingerprint density at radius 2 is 0.551 bits per heavy atom. The predicted octanol–water partition coefficient (Wildman–Crippen LogP) is 22.0. The molecule has 19 heteroatoms. The molecule has 0 saturated carbocycles. The Bertz CT molecular complexity index is 2240. The number of esters is 4. The first-order valence-corrected chi connectivity index (χ1v) is 41.5. The molecule has 0 fully saturated rings. The number of phosphoric ester groups is 2. The molecule has 5 atom stereocenters. The first-order valence-electron chi connectivity index (χ1n) is 38.5. The van der Waals surface area contributed by atoms with Gasteiger partial charge in [0.05, 0.1) is 26.4 Å². The summed E-state index contributed by atoms with van der Waals surface area (Å²) in [5, 5.41) is 10.6. The van der Waals surface area contributed by atoms with Crippen LogP contribution in [0.5, 0.6) is 0 Å². The van der Waals surface area contributed by atoms with Gasteiger partial charge in [0.25, 0.3) is 0 Å². The van der Waals surface area contributed by atoms with Crippen LogP contribution in [-0.4, -0.2) is 96.7 Å². The first-order chi connectivity index (χ1) is 47.7. The lowest BCUT2D eigenvalue weighted by atomic mass is 10.0. The third-order valence-electron chi connectivity index (χ3n) is 16.0. The van der Waals surface area contributed by atoms with Crippen molar-refractivity contribution in [1.29, 1.82) is 0 Å². The second-order valence-electron chi connectivity index (χ2n) is 25.6. The van der Waals surface area contributed by atoms with Gasteiger partial charge in [-0.3, -0.25) is 37.3 Å². The van der Waals surface area contributed by atoms with Gasteiger partial charge in [-0.05, 0) is 116 Å². The minimum atomic E-state index is -4.99. The van der Waals surface area contributed by atoms with E-state index in [0.717, 1.165) is 135 Å². The molecular weight excluding hydrogens is 1280 g/mol. The Labute approximate surface area is 595 Å². The summed E-state index contributed by atoms with van der Waals surface area (Å²) in [4.78, 5) is 72.8. The van der Waals surface area contributed by atoms with Crippen molar-refractivity contribution in [2.75, 3.05) is 39.6 Å². The number of hydrogen-bond acceptors (Lipinski definition) is 15. The molecule has 0 aromatic heterocycles. The van der Waals surface area contributed by atoms with Gasteiger partial charge in [-0.2, -0.15) is 0 Å². The van der Waals surface area contributed by atoms with Gasteiger partial charge in [0.15, 0.2) is 12.2 Å². The number of aliphatic hydroxyl groups is 1. The van der Waals surface area contributed by atoms with Gasteiger partial charge in [-0.1, -0.05) is 279 Å². The molecule has 0 aliphatic heterocycles. The van der Waals surface area contributed by atoms with Crippen LogP contribution < -0.4 is 0 Å². The zero-order chi connectivity index (χ0) is 71.8. The van der Waals surface area contributed by atoms with Crippen LogP contribution in [-0.2, 0) is 65.4 Å². The number of carbonyl (C=O) groups excluding carboxylic acids is 4. The summed E-state index contributed by atoms with van der Waals surface area (Å²) in [6.45, 7) is 4.65. The summed E-state index contributed by atoms with van der Waals surface area (Å²) in [6, 6.07) is 0. The van der Waals surface area contributed by atoms with Crippen molar-refractivity contribution in [3.8, 4) is 0 Å². The van der Waals surface area contributed by atoms with E-state index in [9.17, 15) is 43.2 Å². The maximum absolute atomic E-state index is 13.1. The maximum Gasteiger partial charge on any atom is 0.472 e. The molecule has 0 aromatic carbocycles. The predicted molar refractivity (Wildman–Crippen MR) is 399 cm³/mol. The van der Waals surface area contributed by atoms with E-state index in [4.69, 9.17) is 37.0 Å². The highest BCUT2D eigenvalue weighted by molar-refractivity contribution is 7.47. The fourth-order valence-electron chi connectivity index (χ4n) is 10.2. The molecule has 3 N–H and O–H groups in total. The van der Waals surface area contributed by atoms with Crippen LogP contribution in [0, 0.1) is 0 Å². The molecule has 2 unspecified atom stereocenters. The Morgan fingerprint density at radius 1 is 0.296 bits per heavy atom. The number of ether oxygens (including phenoxy) is 4. The number of phosphoric acid groups is 2. The van der Waals surface area contributed by atoms with Crippen LogP contribution in [0.3, 0.4) is 0 Å². The maximum atomic E-state index is 13.1. The van der Waals surface area contributed by atoms with Crippen molar-refractivity contribution in [1.82, 2.24) is 0 Å². The normalized spacial score (nSPS) is 14.5. The average molecular weight is 1420 g/mol. The fourth-order valence-corrected chi connectivity index (χ4v) is 11.8. The van der Waals surface area contributed by atoms with Crippen LogP contribution in [0.1, 0.15) is 323 Å². The number of rotatable bonds is 72. The molecule has 0 aliphatic rings. The summed E-state index contributed by atoms with van der Waals surface area (Å²) in [5.41, 5.74) is 0. The second-order valence-corrected chi connectivity index (χ2v) is 28.5. The van der Waals surface area contributed by atoms with Crippen LogP contribution in [0.2, 0.25) is 0 Å². The largest absolute Gasteiger partial charge is 0.472 e. The van der Waals surface area contributed by atoms with Crippen molar-refractivity contribution >= 4 is 39.5 Å². The Balaban J connectivity index is 5.41. The van der Waals surface area contributed by atoms with E-state index in [1.165, 1.54) is 103 Å². The van der Waals surface area contributed by atoms with E-state index in [1.54, 1.807) is 0 Å². The molecule has 0 amide bonds. The highest BCUT2D eigenvalue weighted by atomic mass is 31.2. The first kappa shape index (κ1) is 94.0. The molecule has 0 rings (SSSR count). The van der Waals surface area contributed by atoms with Crippen LogP contribution in [0.15, 0.2) is 97.2 Å². The van der Waals surface area contributed by atoms with Gasteiger partial charge in [0.1, 0.15) is 19.3 Å². The van der Waals surface area contributed by atoms with Gasteiger partial charge in [0, 0.05) is 25.7 Å². The monoisotopic (exact) mass is 1420 g/mol. The fraction of sp³-hybridized carbons (Fsp3) is 0.747. The van der Waals surface area contributed by atoms with Crippen LogP contribution >= 0.6 is 15.6 Å². The van der Waals surface area contributed by atoms with Crippen molar-refractivity contribution in [3.63, 3.8) is 0 Å². The highest BCUT2D eigenvalue weighted by Gasteiger charge is 2.30. The molecular formula is C79H138O17P2. The van der Waals surface area contributed by atoms with Gasteiger partial charge >= 0.3 is 39.5 Å². The number of aliphatic hydroxyl groups excluding tert-OH is 1. The Kier molecular flexibility index (Phi) is 68.4. The number of allylic oxidation sites excluding steroid dienone is 16. The zero-order valence-corrected chi connectivity index (χ0v) is 63.5. The summed E-state index contributed by atoms with van der Waals surface area (Å²) in [5.74, 6) is -2.28. The van der Waals surface area contributed by atoms with Gasteiger partial charge in [-0.25, -0.2) is 9.13 Å². The van der Waals surface area contributed by atoms with E-state index in [1.807, 2.05) is 18.2 Å². The quantitative estimate of drug-likeness (QED) is 0.0169. The minimum absolute atomic E-state index is 0.0315. The third kappa shape index (κ3) is 70.4. The van der Waals surface area contributed by atoms with E-state index < -0.39 is 97.5 Å². The third-order valence-corrected chi connectivity index (χ3v) is 17.9. The van der Waals surface area contributed by atoms with Gasteiger partial charge in [-0.15, -0.1) is 0 Å². The molecule has 98 heavy (non-hydrogen) atoms.